The molecule has 1 atom stereocenters. The van der Waals surface area contributed by atoms with Gasteiger partial charge in [0.2, 0.25) is 0 Å². The summed E-state index contributed by atoms with van der Waals surface area (Å²) in [7, 11) is 2.20. The van der Waals surface area contributed by atoms with E-state index in [0.29, 0.717) is 6.10 Å². The molecule has 4 heteroatoms. The van der Waals surface area contributed by atoms with E-state index in [1.165, 1.54) is 44.9 Å². The van der Waals surface area contributed by atoms with Crippen LogP contribution in [0.5, 0.6) is 0 Å². The lowest BCUT2D eigenvalue weighted by molar-refractivity contribution is -0.0560. The highest BCUT2D eigenvalue weighted by molar-refractivity contribution is 4.94. The molecule has 1 aliphatic heterocycles. The third kappa shape index (κ3) is 4.65. The molecule has 0 spiro atoms. The molecule has 4 nitrogen and oxygen atoms in total. The molecule has 1 saturated heterocycles. The van der Waals surface area contributed by atoms with Gasteiger partial charge in [0.1, 0.15) is 0 Å². The average Bonchev–Trinajstić information content (AvgIpc) is 2.73. The van der Waals surface area contributed by atoms with Crippen molar-refractivity contribution in [2.24, 2.45) is 5.73 Å². The van der Waals surface area contributed by atoms with Crippen LogP contribution in [0.4, 0.5) is 0 Å². The van der Waals surface area contributed by atoms with E-state index in [1.54, 1.807) is 0 Å². The predicted molar refractivity (Wildman–Crippen MR) is 88.6 cm³/mol. The lowest BCUT2D eigenvalue weighted by Crippen LogP contribution is -2.58. The van der Waals surface area contributed by atoms with Crippen molar-refractivity contribution in [1.82, 2.24) is 9.80 Å². The fraction of sp³-hybridized carbons (Fsp3) is 1.00. The topological polar surface area (TPSA) is 41.7 Å². The van der Waals surface area contributed by atoms with Crippen LogP contribution in [0.2, 0.25) is 0 Å². The fourth-order valence-electron chi connectivity index (χ4n) is 4.05. The molecule has 124 valence electrons. The lowest BCUT2D eigenvalue weighted by atomic mass is 9.87. The molecular weight excluding hydrogens is 262 g/mol. The summed E-state index contributed by atoms with van der Waals surface area (Å²) in [5.74, 6) is 0. The molecule has 1 unspecified atom stereocenters. The van der Waals surface area contributed by atoms with Gasteiger partial charge >= 0.3 is 0 Å². The first-order chi connectivity index (χ1) is 10.2. The lowest BCUT2D eigenvalue weighted by Gasteiger charge is -2.45. The Morgan fingerprint density at radius 2 is 1.95 bits per heavy atom. The molecule has 2 N–H and O–H groups in total. The Morgan fingerprint density at radius 3 is 2.52 bits per heavy atom. The van der Waals surface area contributed by atoms with Gasteiger partial charge in [0.25, 0.3) is 0 Å². The Balaban J connectivity index is 2.03. The van der Waals surface area contributed by atoms with E-state index < -0.39 is 0 Å². The van der Waals surface area contributed by atoms with Crippen molar-refractivity contribution in [3.63, 3.8) is 0 Å². The zero-order chi connectivity index (χ0) is 15.1. The second-order valence-corrected chi connectivity index (χ2v) is 7.04. The SMILES string of the molecule is CCCN(CC1CN(C)CCO1)C1(CN)CCCCCC1. The first-order valence-corrected chi connectivity index (χ1v) is 8.95. The number of hydrogen-bond acceptors (Lipinski definition) is 4. The largest absolute Gasteiger partial charge is 0.374 e. The van der Waals surface area contributed by atoms with Gasteiger partial charge in [-0.15, -0.1) is 0 Å². The molecule has 0 amide bonds. The van der Waals surface area contributed by atoms with Crippen LogP contribution in [0.1, 0.15) is 51.9 Å². The van der Waals surface area contributed by atoms with E-state index in [4.69, 9.17) is 10.5 Å². The smallest absolute Gasteiger partial charge is 0.0829 e. The van der Waals surface area contributed by atoms with E-state index in [2.05, 4.69) is 23.8 Å². The summed E-state index contributed by atoms with van der Waals surface area (Å²) in [6.45, 7) is 8.28. The van der Waals surface area contributed by atoms with Crippen LogP contribution in [-0.2, 0) is 4.74 Å². The molecule has 2 rings (SSSR count). The van der Waals surface area contributed by atoms with Gasteiger partial charge in [-0.2, -0.15) is 0 Å². The molecule has 2 fully saturated rings. The van der Waals surface area contributed by atoms with E-state index in [-0.39, 0.29) is 5.54 Å². The van der Waals surface area contributed by atoms with Crippen molar-refractivity contribution in [3.8, 4) is 0 Å². The number of hydrogen-bond donors (Lipinski definition) is 1. The molecule has 21 heavy (non-hydrogen) atoms. The second kappa shape index (κ2) is 8.47. The standard InChI is InChI=1S/C17H35N3O/c1-3-10-20(14-16-13-19(2)11-12-21-16)17(15-18)8-6-4-5-7-9-17/h16H,3-15,18H2,1-2H3. The number of likely N-dealkylation sites (N-methyl/N-ethyl adjacent to an activating group) is 1. The van der Waals surface area contributed by atoms with Crippen LogP contribution < -0.4 is 5.73 Å². The fourth-order valence-corrected chi connectivity index (χ4v) is 4.05. The molecule has 2 aliphatic rings. The Labute approximate surface area is 131 Å². The molecule has 1 saturated carbocycles. The summed E-state index contributed by atoms with van der Waals surface area (Å²) >= 11 is 0. The van der Waals surface area contributed by atoms with Crippen LogP contribution in [0.15, 0.2) is 0 Å². The maximum Gasteiger partial charge on any atom is 0.0829 e. The molecular formula is C17H35N3O. The zero-order valence-corrected chi connectivity index (χ0v) is 14.1. The van der Waals surface area contributed by atoms with Crippen molar-refractivity contribution >= 4 is 0 Å². The van der Waals surface area contributed by atoms with E-state index >= 15 is 0 Å². The molecule has 0 aromatic rings. The molecule has 1 aliphatic carbocycles. The number of ether oxygens (including phenoxy) is 1. The summed E-state index contributed by atoms with van der Waals surface area (Å²) in [5, 5.41) is 0. The van der Waals surface area contributed by atoms with Crippen molar-refractivity contribution in [3.05, 3.63) is 0 Å². The Bertz CT molecular complexity index is 290. The summed E-state index contributed by atoms with van der Waals surface area (Å²) in [6, 6.07) is 0. The number of nitrogens with two attached hydrogens (primary N) is 1. The Kier molecular flexibility index (Phi) is 6.93. The van der Waals surface area contributed by atoms with Crippen molar-refractivity contribution in [1.29, 1.82) is 0 Å². The van der Waals surface area contributed by atoms with Crippen LogP contribution in [0.3, 0.4) is 0 Å². The van der Waals surface area contributed by atoms with Gasteiger partial charge in [0.15, 0.2) is 0 Å². The van der Waals surface area contributed by atoms with Gasteiger partial charge < -0.3 is 15.4 Å². The molecule has 0 aromatic carbocycles. The number of morpholine rings is 1. The normalized spacial score (nSPS) is 27.7. The van der Waals surface area contributed by atoms with Crippen molar-refractivity contribution < 1.29 is 4.74 Å². The van der Waals surface area contributed by atoms with Crippen LogP contribution in [-0.4, -0.2) is 67.8 Å². The first kappa shape index (κ1) is 17.2. The van der Waals surface area contributed by atoms with Crippen molar-refractivity contribution in [2.75, 3.05) is 46.4 Å². The van der Waals surface area contributed by atoms with Gasteiger partial charge in [0, 0.05) is 31.7 Å². The zero-order valence-electron chi connectivity index (χ0n) is 14.1. The van der Waals surface area contributed by atoms with Gasteiger partial charge in [-0.3, -0.25) is 4.90 Å². The highest BCUT2D eigenvalue weighted by atomic mass is 16.5. The summed E-state index contributed by atoms with van der Waals surface area (Å²) in [5.41, 5.74) is 6.51. The quantitative estimate of drug-likeness (QED) is 0.762. The highest BCUT2D eigenvalue weighted by Gasteiger charge is 2.37. The van der Waals surface area contributed by atoms with E-state index in [1.807, 2.05) is 0 Å². The summed E-state index contributed by atoms with van der Waals surface area (Å²) < 4.78 is 6.01. The minimum Gasteiger partial charge on any atom is -0.374 e. The highest BCUT2D eigenvalue weighted by Crippen LogP contribution is 2.32. The van der Waals surface area contributed by atoms with E-state index in [0.717, 1.165) is 39.3 Å². The molecule has 0 aromatic heterocycles. The predicted octanol–water partition coefficient (Wildman–Crippen LogP) is 2.08. The maximum atomic E-state index is 6.28. The van der Waals surface area contributed by atoms with Gasteiger partial charge in [-0.1, -0.05) is 32.6 Å². The third-order valence-corrected chi connectivity index (χ3v) is 5.34. The number of nitrogens with zero attached hydrogens (tertiary/aromatic N) is 2. The Morgan fingerprint density at radius 1 is 1.24 bits per heavy atom. The maximum absolute atomic E-state index is 6.28. The number of rotatable bonds is 6. The average molecular weight is 297 g/mol. The second-order valence-electron chi connectivity index (χ2n) is 7.04. The Hall–Kier alpha value is -0.160. The van der Waals surface area contributed by atoms with Crippen LogP contribution >= 0.6 is 0 Å². The van der Waals surface area contributed by atoms with Crippen LogP contribution in [0.25, 0.3) is 0 Å². The molecule has 0 bridgehead atoms. The molecule has 1 heterocycles. The van der Waals surface area contributed by atoms with Gasteiger partial charge in [0.05, 0.1) is 12.7 Å². The van der Waals surface area contributed by atoms with Gasteiger partial charge in [-0.25, -0.2) is 0 Å². The summed E-state index contributed by atoms with van der Waals surface area (Å²) in [4.78, 5) is 5.07. The van der Waals surface area contributed by atoms with Crippen molar-refractivity contribution in [2.45, 2.75) is 63.5 Å². The third-order valence-electron chi connectivity index (χ3n) is 5.34. The first-order valence-electron chi connectivity index (χ1n) is 8.95. The summed E-state index contributed by atoms with van der Waals surface area (Å²) in [6.07, 6.45) is 9.52. The monoisotopic (exact) mass is 297 g/mol. The molecule has 0 radical (unpaired) electrons. The van der Waals surface area contributed by atoms with Crippen LogP contribution in [0, 0.1) is 0 Å². The van der Waals surface area contributed by atoms with Gasteiger partial charge in [-0.05, 0) is 32.9 Å². The minimum absolute atomic E-state index is 0.228. The van der Waals surface area contributed by atoms with E-state index in [9.17, 15) is 0 Å². The minimum atomic E-state index is 0.228.